The molecule has 1 saturated heterocycles. The van der Waals surface area contributed by atoms with Crippen LogP contribution in [-0.4, -0.2) is 57.9 Å². The zero-order chi connectivity index (χ0) is 20.9. The van der Waals surface area contributed by atoms with Gasteiger partial charge in [0.1, 0.15) is 5.82 Å². The Kier molecular flexibility index (Phi) is 7.23. The lowest BCUT2D eigenvalue weighted by Crippen LogP contribution is -3.15. The van der Waals surface area contributed by atoms with Crippen LogP contribution in [0.3, 0.4) is 0 Å². The predicted molar refractivity (Wildman–Crippen MR) is 109 cm³/mol. The van der Waals surface area contributed by atoms with Crippen LogP contribution in [0.4, 0.5) is 4.39 Å². The molecule has 6 nitrogen and oxygen atoms in total. The number of benzene rings is 2. The smallest absolute Gasteiger partial charge is 0.275 e. The van der Waals surface area contributed by atoms with Gasteiger partial charge in [-0.05, 0) is 48.4 Å². The van der Waals surface area contributed by atoms with E-state index in [9.17, 15) is 17.6 Å². The van der Waals surface area contributed by atoms with Gasteiger partial charge in [-0.2, -0.15) is 4.31 Å². The highest BCUT2D eigenvalue weighted by Gasteiger charge is 2.31. The number of nitrogens with zero attached hydrogens (tertiary/aromatic N) is 1. The third-order valence-electron chi connectivity index (χ3n) is 4.94. The third-order valence-corrected chi connectivity index (χ3v) is 7.11. The molecule has 0 bridgehead atoms. The topological polar surface area (TPSA) is 70.9 Å². The summed E-state index contributed by atoms with van der Waals surface area (Å²) < 4.78 is 39.7. The molecule has 1 heterocycles. The molecular formula is C20H24ClFN3O3S+. The first-order chi connectivity index (χ1) is 13.8. The van der Waals surface area contributed by atoms with Crippen LogP contribution < -0.4 is 10.2 Å². The average Bonchev–Trinajstić information content (AvgIpc) is 2.70. The molecule has 0 saturated carbocycles. The summed E-state index contributed by atoms with van der Waals surface area (Å²) in [6.07, 6.45) is 0.633. The Morgan fingerprint density at radius 2 is 1.69 bits per heavy atom. The van der Waals surface area contributed by atoms with Gasteiger partial charge >= 0.3 is 0 Å². The molecule has 3 rings (SSSR count). The molecule has 2 aromatic rings. The predicted octanol–water partition coefficient (Wildman–Crippen LogP) is 0.727. The Labute approximate surface area is 175 Å². The number of quaternary nitrogens is 1. The highest BCUT2D eigenvalue weighted by Crippen LogP contribution is 2.18. The van der Waals surface area contributed by atoms with E-state index in [0.29, 0.717) is 50.7 Å². The summed E-state index contributed by atoms with van der Waals surface area (Å²) in [4.78, 5) is 13.4. The number of amides is 1. The molecule has 0 unspecified atom stereocenters. The lowest BCUT2D eigenvalue weighted by atomic mass is 10.1. The number of sulfonamides is 1. The van der Waals surface area contributed by atoms with Crippen molar-refractivity contribution in [3.63, 3.8) is 0 Å². The van der Waals surface area contributed by atoms with E-state index in [1.807, 2.05) is 0 Å². The van der Waals surface area contributed by atoms with Crippen molar-refractivity contribution >= 4 is 27.5 Å². The molecule has 9 heteroatoms. The number of hydrogen-bond donors (Lipinski definition) is 2. The van der Waals surface area contributed by atoms with Crippen LogP contribution in [-0.2, 0) is 21.2 Å². The fourth-order valence-corrected chi connectivity index (χ4v) is 4.83. The molecule has 0 atom stereocenters. The second kappa shape index (κ2) is 9.67. The first-order valence-corrected chi connectivity index (χ1v) is 11.3. The molecule has 0 aromatic heterocycles. The third kappa shape index (κ3) is 5.99. The molecule has 1 aliphatic rings. The molecule has 1 amide bonds. The minimum Gasteiger partial charge on any atom is -0.351 e. The summed E-state index contributed by atoms with van der Waals surface area (Å²) in [5.41, 5.74) is 0.958. The Hall–Kier alpha value is -2.00. The standard InChI is InChI=1S/C20H23ClFN3O3S/c21-17-3-7-19(8-4-17)29(27,28)25-13-11-24(12-14-25)15-20(26)23-10-9-16-1-5-18(22)6-2-16/h1-8H,9-15H2,(H,23,26)/p+1. The minimum absolute atomic E-state index is 0.0730. The largest absolute Gasteiger partial charge is 0.351 e. The second-order valence-electron chi connectivity index (χ2n) is 7.01. The number of carbonyl (C=O) groups excluding carboxylic acids is 1. The zero-order valence-electron chi connectivity index (χ0n) is 15.9. The molecule has 2 aromatic carbocycles. The van der Waals surface area contributed by atoms with E-state index in [1.54, 1.807) is 24.3 Å². The van der Waals surface area contributed by atoms with Gasteiger partial charge in [-0.25, -0.2) is 12.8 Å². The Morgan fingerprint density at radius 3 is 2.31 bits per heavy atom. The van der Waals surface area contributed by atoms with Crippen LogP contribution in [0.25, 0.3) is 0 Å². The fraction of sp³-hybridized carbons (Fsp3) is 0.350. The van der Waals surface area contributed by atoms with Gasteiger partial charge in [0, 0.05) is 11.6 Å². The second-order valence-corrected chi connectivity index (χ2v) is 9.39. The average molecular weight is 441 g/mol. The minimum atomic E-state index is -3.54. The van der Waals surface area contributed by atoms with E-state index in [4.69, 9.17) is 11.6 Å². The first kappa shape index (κ1) is 21.7. The molecule has 156 valence electrons. The quantitative estimate of drug-likeness (QED) is 0.666. The molecular weight excluding hydrogens is 417 g/mol. The summed E-state index contributed by atoms with van der Waals surface area (Å²) in [5, 5.41) is 3.36. The van der Waals surface area contributed by atoms with Gasteiger partial charge in [0.2, 0.25) is 10.0 Å². The SMILES string of the molecule is O=C(C[NH+]1CCN(S(=O)(=O)c2ccc(Cl)cc2)CC1)NCCc1ccc(F)cc1. The van der Waals surface area contributed by atoms with E-state index >= 15 is 0 Å². The lowest BCUT2D eigenvalue weighted by Gasteiger charge is -2.31. The van der Waals surface area contributed by atoms with Crippen LogP contribution in [0.15, 0.2) is 53.4 Å². The number of carbonyl (C=O) groups is 1. The molecule has 0 radical (unpaired) electrons. The number of halogens is 2. The number of nitrogens with one attached hydrogen (secondary N) is 2. The summed E-state index contributed by atoms with van der Waals surface area (Å²) in [6.45, 7) is 2.65. The first-order valence-electron chi connectivity index (χ1n) is 9.45. The molecule has 2 N–H and O–H groups in total. The maximum atomic E-state index is 12.9. The van der Waals surface area contributed by atoms with Crippen LogP contribution in [0.2, 0.25) is 5.02 Å². The highest BCUT2D eigenvalue weighted by atomic mass is 35.5. The molecule has 1 fully saturated rings. The van der Waals surface area contributed by atoms with Crippen molar-refractivity contribution in [3.05, 3.63) is 64.9 Å². The van der Waals surface area contributed by atoms with Crippen LogP contribution in [0.5, 0.6) is 0 Å². The van der Waals surface area contributed by atoms with Crippen molar-refractivity contribution in [1.82, 2.24) is 9.62 Å². The van der Waals surface area contributed by atoms with E-state index in [0.717, 1.165) is 10.5 Å². The lowest BCUT2D eigenvalue weighted by molar-refractivity contribution is -0.895. The van der Waals surface area contributed by atoms with E-state index in [2.05, 4.69) is 5.32 Å². The van der Waals surface area contributed by atoms with Gasteiger partial charge < -0.3 is 10.2 Å². The monoisotopic (exact) mass is 440 g/mol. The van der Waals surface area contributed by atoms with Gasteiger partial charge in [0.15, 0.2) is 6.54 Å². The van der Waals surface area contributed by atoms with Gasteiger partial charge in [0.05, 0.1) is 31.1 Å². The van der Waals surface area contributed by atoms with E-state index in [-0.39, 0.29) is 16.6 Å². The summed E-state index contributed by atoms with van der Waals surface area (Å²) in [6, 6.07) is 12.3. The summed E-state index contributed by atoms with van der Waals surface area (Å²) in [7, 11) is -3.54. The van der Waals surface area contributed by atoms with Gasteiger partial charge in [-0.3, -0.25) is 4.79 Å². The molecule has 0 aliphatic carbocycles. The van der Waals surface area contributed by atoms with Crippen molar-refractivity contribution in [1.29, 1.82) is 0 Å². The molecule has 1 aliphatic heterocycles. The maximum absolute atomic E-state index is 12.9. The van der Waals surface area contributed by atoms with E-state index < -0.39 is 10.0 Å². The maximum Gasteiger partial charge on any atom is 0.275 e. The van der Waals surface area contributed by atoms with Gasteiger partial charge in [0.25, 0.3) is 5.91 Å². The van der Waals surface area contributed by atoms with Crippen molar-refractivity contribution in [2.45, 2.75) is 11.3 Å². The van der Waals surface area contributed by atoms with Crippen LogP contribution in [0, 0.1) is 5.82 Å². The molecule has 29 heavy (non-hydrogen) atoms. The highest BCUT2D eigenvalue weighted by molar-refractivity contribution is 7.89. The number of piperazine rings is 1. The number of rotatable bonds is 7. The Balaban J connectivity index is 1.42. The van der Waals surface area contributed by atoms with Crippen LogP contribution >= 0.6 is 11.6 Å². The van der Waals surface area contributed by atoms with Crippen molar-refractivity contribution in [3.8, 4) is 0 Å². The number of hydrogen-bond acceptors (Lipinski definition) is 3. The van der Waals surface area contributed by atoms with Crippen molar-refractivity contribution in [2.75, 3.05) is 39.3 Å². The Bertz CT molecular complexity index is 928. The van der Waals surface area contributed by atoms with Crippen molar-refractivity contribution in [2.24, 2.45) is 0 Å². The van der Waals surface area contributed by atoms with Gasteiger partial charge in [-0.1, -0.05) is 23.7 Å². The summed E-state index contributed by atoms with van der Waals surface area (Å²) >= 11 is 5.83. The fourth-order valence-electron chi connectivity index (χ4n) is 3.26. The van der Waals surface area contributed by atoms with E-state index in [1.165, 1.54) is 28.6 Å². The zero-order valence-corrected chi connectivity index (χ0v) is 17.5. The van der Waals surface area contributed by atoms with Gasteiger partial charge in [-0.15, -0.1) is 0 Å². The van der Waals surface area contributed by atoms with Crippen molar-refractivity contribution < 1.29 is 22.5 Å². The summed E-state index contributed by atoms with van der Waals surface area (Å²) in [5.74, 6) is -0.352. The molecule has 0 spiro atoms. The normalized spacial score (nSPS) is 15.9. The Morgan fingerprint density at radius 1 is 1.07 bits per heavy atom. The van der Waals surface area contributed by atoms with Crippen LogP contribution in [0.1, 0.15) is 5.56 Å².